The summed E-state index contributed by atoms with van der Waals surface area (Å²) in [5.41, 5.74) is 2.19. The maximum Gasteiger partial charge on any atom is 0.258 e. The molecule has 26 heavy (non-hydrogen) atoms. The summed E-state index contributed by atoms with van der Waals surface area (Å²) in [6.45, 7) is 3.01. The molecule has 0 saturated carbocycles. The minimum absolute atomic E-state index is 0.172. The molecule has 3 N–H and O–H groups in total. The molecule has 0 aliphatic rings. The molecule has 0 fully saturated rings. The van der Waals surface area contributed by atoms with Gasteiger partial charge in [-0.3, -0.25) is 14.4 Å². The lowest BCUT2D eigenvalue weighted by atomic mass is 10.2. The van der Waals surface area contributed by atoms with Crippen molar-refractivity contribution >= 4 is 29.1 Å². The Morgan fingerprint density at radius 1 is 0.923 bits per heavy atom. The van der Waals surface area contributed by atoms with Crippen LogP contribution < -0.4 is 20.7 Å². The summed E-state index contributed by atoms with van der Waals surface area (Å²) >= 11 is 0. The van der Waals surface area contributed by atoms with Gasteiger partial charge >= 0.3 is 0 Å². The Kier molecular flexibility index (Phi) is 6.73. The number of hydrogen-bond acceptors (Lipinski definition) is 4. The normalized spacial score (nSPS) is 9.92. The molecule has 7 nitrogen and oxygen atoms in total. The summed E-state index contributed by atoms with van der Waals surface area (Å²) in [6, 6.07) is 14.0. The molecule has 3 amide bonds. The van der Waals surface area contributed by atoms with E-state index < -0.39 is 5.91 Å². The van der Waals surface area contributed by atoms with Crippen LogP contribution in [-0.2, 0) is 14.4 Å². The van der Waals surface area contributed by atoms with Crippen LogP contribution in [0.2, 0.25) is 0 Å². The highest BCUT2D eigenvalue weighted by Crippen LogP contribution is 2.15. The van der Waals surface area contributed by atoms with E-state index in [1.807, 2.05) is 19.1 Å². The van der Waals surface area contributed by atoms with Gasteiger partial charge in [0.25, 0.3) is 5.91 Å². The van der Waals surface area contributed by atoms with E-state index in [1.54, 1.807) is 36.4 Å². The summed E-state index contributed by atoms with van der Waals surface area (Å²) in [5.74, 6) is -0.388. The van der Waals surface area contributed by atoms with Crippen molar-refractivity contribution in [2.75, 3.05) is 23.8 Å². The Morgan fingerprint density at radius 3 is 2.23 bits per heavy atom. The lowest BCUT2D eigenvalue weighted by Gasteiger charge is -2.09. The fourth-order valence-electron chi connectivity index (χ4n) is 2.10. The largest absolute Gasteiger partial charge is 0.484 e. The average molecular weight is 355 g/mol. The second-order valence-electron chi connectivity index (χ2n) is 5.69. The van der Waals surface area contributed by atoms with Crippen LogP contribution in [0.1, 0.15) is 12.5 Å². The third-order valence-corrected chi connectivity index (χ3v) is 3.30. The van der Waals surface area contributed by atoms with Gasteiger partial charge < -0.3 is 20.7 Å². The Balaban J connectivity index is 1.74. The van der Waals surface area contributed by atoms with Gasteiger partial charge in [0.15, 0.2) is 6.61 Å². The van der Waals surface area contributed by atoms with Crippen molar-refractivity contribution in [3.63, 3.8) is 0 Å². The first kappa shape index (κ1) is 19.0. The number of carbonyl (C=O) groups excluding carboxylic acids is 3. The topological polar surface area (TPSA) is 96.5 Å². The molecular weight excluding hydrogens is 334 g/mol. The number of amides is 3. The molecule has 2 aromatic rings. The van der Waals surface area contributed by atoms with E-state index >= 15 is 0 Å². The van der Waals surface area contributed by atoms with Crippen molar-refractivity contribution < 1.29 is 19.1 Å². The number of anilines is 2. The van der Waals surface area contributed by atoms with Crippen LogP contribution in [0.5, 0.6) is 5.75 Å². The highest BCUT2D eigenvalue weighted by Gasteiger charge is 2.07. The van der Waals surface area contributed by atoms with Gasteiger partial charge in [-0.25, -0.2) is 0 Å². The van der Waals surface area contributed by atoms with Crippen LogP contribution in [0.15, 0.2) is 48.5 Å². The van der Waals surface area contributed by atoms with Gasteiger partial charge in [-0.15, -0.1) is 0 Å². The van der Waals surface area contributed by atoms with E-state index in [4.69, 9.17) is 4.74 Å². The molecular formula is C19H21N3O4. The Bertz CT molecular complexity index is 788. The first-order valence-electron chi connectivity index (χ1n) is 8.06. The van der Waals surface area contributed by atoms with E-state index in [2.05, 4.69) is 16.0 Å². The van der Waals surface area contributed by atoms with Crippen molar-refractivity contribution in [3.8, 4) is 5.75 Å². The van der Waals surface area contributed by atoms with Gasteiger partial charge in [-0.2, -0.15) is 0 Å². The number of aryl methyl sites for hydroxylation is 1. The van der Waals surface area contributed by atoms with E-state index in [1.165, 1.54) is 6.92 Å². The lowest BCUT2D eigenvalue weighted by Crippen LogP contribution is -2.35. The number of benzene rings is 2. The third kappa shape index (κ3) is 6.64. The predicted molar refractivity (Wildman–Crippen MR) is 99.1 cm³/mol. The summed E-state index contributed by atoms with van der Waals surface area (Å²) < 4.78 is 5.34. The van der Waals surface area contributed by atoms with E-state index in [-0.39, 0.29) is 25.0 Å². The zero-order chi connectivity index (χ0) is 18.9. The minimum Gasteiger partial charge on any atom is -0.484 e. The van der Waals surface area contributed by atoms with Crippen molar-refractivity contribution in [2.24, 2.45) is 0 Å². The molecule has 136 valence electrons. The molecule has 0 unspecified atom stereocenters. The Morgan fingerprint density at radius 2 is 1.58 bits per heavy atom. The quantitative estimate of drug-likeness (QED) is 0.708. The van der Waals surface area contributed by atoms with Crippen LogP contribution in [0.3, 0.4) is 0 Å². The first-order chi connectivity index (χ1) is 12.4. The first-order valence-corrected chi connectivity index (χ1v) is 8.06. The average Bonchev–Trinajstić information content (AvgIpc) is 2.59. The fourth-order valence-corrected chi connectivity index (χ4v) is 2.10. The van der Waals surface area contributed by atoms with Gasteiger partial charge in [-0.1, -0.05) is 23.8 Å². The van der Waals surface area contributed by atoms with Crippen LogP contribution in [-0.4, -0.2) is 30.9 Å². The number of hydrogen-bond donors (Lipinski definition) is 3. The zero-order valence-electron chi connectivity index (χ0n) is 14.7. The molecule has 2 rings (SSSR count). The molecule has 0 spiro atoms. The standard InChI is InChI=1S/C19H21N3O4/c1-13-6-8-17(9-7-13)26-12-19(25)20-11-18(24)22-16-5-3-4-15(10-16)21-14(2)23/h3-10H,11-12H2,1-2H3,(H,20,25)(H,21,23)(H,22,24). The third-order valence-electron chi connectivity index (χ3n) is 3.30. The number of rotatable bonds is 7. The highest BCUT2D eigenvalue weighted by atomic mass is 16.5. The summed E-state index contributed by atoms with van der Waals surface area (Å²) in [4.78, 5) is 34.7. The predicted octanol–water partition coefficient (Wildman–Crippen LogP) is 2.09. The summed E-state index contributed by atoms with van der Waals surface area (Å²) in [6.07, 6.45) is 0. The number of ether oxygens (including phenoxy) is 1. The molecule has 0 bridgehead atoms. The van der Waals surface area contributed by atoms with E-state index in [9.17, 15) is 14.4 Å². The maximum atomic E-state index is 11.9. The van der Waals surface area contributed by atoms with Crippen molar-refractivity contribution in [2.45, 2.75) is 13.8 Å². The monoisotopic (exact) mass is 355 g/mol. The van der Waals surface area contributed by atoms with Crippen LogP contribution in [0, 0.1) is 6.92 Å². The Labute approximate surface area is 151 Å². The number of nitrogens with one attached hydrogen (secondary N) is 3. The molecule has 0 heterocycles. The van der Waals surface area contributed by atoms with E-state index in [0.717, 1.165) is 5.56 Å². The van der Waals surface area contributed by atoms with Crippen molar-refractivity contribution in [1.29, 1.82) is 0 Å². The SMILES string of the molecule is CC(=O)Nc1cccc(NC(=O)CNC(=O)COc2ccc(C)cc2)c1. The van der Waals surface area contributed by atoms with Crippen molar-refractivity contribution in [3.05, 3.63) is 54.1 Å². The molecule has 2 aromatic carbocycles. The van der Waals surface area contributed by atoms with Crippen LogP contribution in [0.25, 0.3) is 0 Å². The number of carbonyl (C=O) groups is 3. The molecule has 0 atom stereocenters. The zero-order valence-corrected chi connectivity index (χ0v) is 14.7. The molecule has 7 heteroatoms. The molecule has 0 radical (unpaired) electrons. The van der Waals surface area contributed by atoms with Gasteiger partial charge in [0.05, 0.1) is 6.54 Å². The summed E-state index contributed by atoms with van der Waals surface area (Å²) in [5, 5.41) is 7.76. The molecule has 0 aliphatic heterocycles. The van der Waals surface area contributed by atoms with Gasteiger partial charge in [0.1, 0.15) is 5.75 Å². The van der Waals surface area contributed by atoms with E-state index in [0.29, 0.717) is 17.1 Å². The fraction of sp³-hybridized carbons (Fsp3) is 0.211. The minimum atomic E-state index is -0.396. The summed E-state index contributed by atoms with van der Waals surface area (Å²) in [7, 11) is 0. The van der Waals surface area contributed by atoms with Crippen molar-refractivity contribution in [1.82, 2.24) is 5.32 Å². The molecule has 0 aromatic heterocycles. The molecule has 0 aliphatic carbocycles. The van der Waals surface area contributed by atoms with Gasteiger partial charge in [0.2, 0.25) is 11.8 Å². The van der Waals surface area contributed by atoms with Gasteiger partial charge in [0, 0.05) is 18.3 Å². The lowest BCUT2D eigenvalue weighted by molar-refractivity contribution is -0.125. The maximum absolute atomic E-state index is 11.9. The molecule has 0 saturated heterocycles. The Hall–Kier alpha value is -3.35. The smallest absolute Gasteiger partial charge is 0.258 e. The van der Waals surface area contributed by atoms with Crippen LogP contribution >= 0.6 is 0 Å². The van der Waals surface area contributed by atoms with Gasteiger partial charge in [-0.05, 0) is 37.3 Å². The van der Waals surface area contributed by atoms with Crippen LogP contribution in [0.4, 0.5) is 11.4 Å². The highest BCUT2D eigenvalue weighted by molar-refractivity contribution is 5.96. The second kappa shape index (κ2) is 9.22. The second-order valence-corrected chi connectivity index (χ2v) is 5.69.